The molecule has 7 nitrogen and oxygen atoms in total. The van der Waals surface area contributed by atoms with Gasteiger partial charge in [0.2, 0.25) is 0 Å². The first kappa shape index (κ1) is 15.8. The molecule has 0 radical (unpaired) electrons. The molecule has 0 unspecified atom stereocenters. The molecule has 0 aliphatic rings. The molecule has 0 saturated heterocycles. The van der Waals surface area contributed by atoms with Crippen molar-refractivity contribution in [3.8, 4) is 0 Å². The minimum absolute atomic E-state index is 0.722. The average Bonchev–Trinajstić information content (AvgIpc) is 3.50. The highest BCUT2D eigenvalue weighted by molar-refractivity contribution is 7.23. The van der Waals surface area contributed by atoms with Crippen molar-refractivity contribution in [2.75, 3.05) is 0 Å². The van der Waals surface area contributed by atoms with Gasteiger partial charge in [-0.1, -0.05) is 6.07 Å². The molecule has 1 aromatic carbocycles. The summed E-state index contributed by atoms with van der Waals surface area (Å²) >= 11 is 1.66. The lowest BCUT2D eigenvalue weighted by Crippen LogP contribution is -1.77. The normalized spacial score (nSPS) is 12.0. The first-order valence-corrected chi connectivity index (χ1v) is 10.3. The van der Waals surface area contributed by atoms with Gasteiger partial charge in [-0.3, -0.25) is 15.1 Å². The number of imidazole rings is 1. The first-order valence-electron chi connectivity index (χ1n) is 9.47. The Morgan fingerprint density at radius 2 is 1.70 bits per heavy atom. The molecule has 0 saturated carbocycles. The molecular formula is C22H13N7S. The van der Waals surface area contributed by atoms with Crippen LogP contribution in [0.1, 0.15) is 0 Å². The van der Waals surface area contributed by atoms with Crippen molar-refractivity contribution in [3.05, 3.63) is 61.2 Å². The molecule has 0 aliphatic heterocycles. The van der Waals surface area contributed by atoms with Gasteiger partial charge in [-0.2, -0.15) is 5.10 Å². The average molecular weight is 407 g/mol. The Kier molecular flexibility index (Phi) is 3.03. The minimum atomic E-state index is 0.722. The van der Waals surface area contributed by atoms with Crippen LogP contribution in [0.5, 0.6) is 0 Å². The third-order valence-corrected chi connectivity index (χ3v) is 6.43. The number of hydrogen-bond acceptors (Lipinski definition) is 5. The second-order valence-corrected chi connectivity index (χ2v) is 8.34. The maximum atomic E-state index is 4.91. The van der Waals surface area contributed by atoms with E-state index in [0.29, 0.717) is 0 Å². The summed E-state index contributed by atoms with van der Waals surface area (Å²) in [5.41, 5.74) is 5.19. The van der Waals surface area contributed by atoms with Gasteiger partial charge in [0.25, 0.3) is 0 Å². The summed E-state index contributed by atoms with van der Waals surface area (Å²) in [5.74, 6) is 0. The minimum Gasteiger partial charge on any atom is -0.346 e. The van der Waals surface area contributed by atoms with Gasteiger partial charge in [-0.15, -0.1) is 11.3 Å². The zero-order valence-electron chi connectivity index (χ0n) is 15.5. The molecule has 8 heteroatoms. The highest BCUT2D eigenvalue weighted by Crippen LogP contribution is 2.29. The number of thiophene rings is 1. The van der Waals surface area contributed by atoms with Crippen LogP contribution < -0.4 is 0 Å². The molecule has 0 atom stereocenters. The molecule has 142 valence electrons. The van der Waals surface area contributed by atoms with Crippen molar-refractivity contribution < 1.29 is 0 Å². The summed E-state index contributed by atoms with van der Waals surface area (Å²) in [5, 5.41) is 11.8. The van der Waals surface area contributed by atoms with Gasteiger partial charge >= 0.3 is 0 Å². The predicted molar refractivity (Wildman–Crippen MR) is 121 cm³/mol. The summed E-state index contributed by atoms with van der Waals surface area (Å²) in [7, 11) is 0. The number of benzene rings is 1. The van der Waals surface area contributed by atoms with E-state index in [0.717, 1.165) is 64.3 Å². The van der Waals surface area contributed by atoms with Crippen molar-refractivity contribution in [2.45, 2.75) is 0 Å². The Morgan fingerprint density at radius 1 is 0.733 bits per heavy atom. The maximum Gasteiger partial charge on any atom is 0.159 e. The number of H-pyrrole nitrogens is 3. The van der Waals surface area contributed by atoms with Crippen LogP contribution in [0.2, 0.25) is 0 Å². The fourth-order valence-electron chi connectivity index (χ4n) is 3.96. The quantitative estimate of drug-likeness (QED) is 0.315. The third-order valence-electron chi connectivity index (χ3n) is 5.39. The highest BCUT2D eigenvalue weighted by atomic mass is 32.1. The van der Waals surface area contributed by atoms with Crippen molar-refractivity contribution in [3.63, 3.8) is 0 Å². The van der Waals surface area contributed by atoms with E-state index in [9.17, 15) is 0 Å². The SMILES string of the molecule is c1ncc2cc1[nH]c1ccc(s1)c1cncc3[nH]c(nc31)c1n[nH]c3ccc2cc31. The molecule has 30 heavy (non-hydrogen) atoms. The number of aromatic amines is 3. The summed E-state index contributed by atoms with van der Waals surface area (Å²) in [6.07, 6.45) is 7.39. The lowest BCUT2D eigenvalue weighted by atomic mass is 10.1. The van der Waals surface area contributed by atoms with Crippen LogP contribution in [0.15, 0.2) is 61.2 Å². The number of nitrogens with zero attached hydrogens (tertiary/aromatic N) is 4. The lowest BCUT2D eigenvalue weighted by Gasteiger charge is -1.96. The molecule has 7 rings (SSSR count). The van der Waals surface area contributed by atoms with Crippen molar-refractivity contribution in [1.29, 1.82) is 0 Å². The largest absolute Gasteiger partial charge is 0.346 e. The van der Waals surface area contributed by atoms with E-state index in [4.69, 9.17) is 4.98 Å². The number of nitrogens with one attached hydrogen (secondary N) is 3. The van der Waals surface area contributed by atoms with E-state index in [1.165, 1.54) is 0 Å². The summed E-state index contributed by atoms with van der Waals surface area (Å²) in [6, 6.07) is 12.5. The van der Waals surface area contributed by atoms with Gasteiger partial charge in [0.05, 0.1) is 33.8 Å². The lowest BCUT2D eigenvalue weighted by molar-refractivity contribution is 1.15. The van der Waals surface area contributed by atoms with Crippen LogP contribution in [0.25, 0.3) is 64.3 Å². The zero-order valence-corrected chi connectivity index (χ0v) is 16.3. The zero-order chi connectivity index (χ0) is 19.7. The number of fused-ring (bicyclic) bond motifs is 9. The van der Waals surface area contributed by atoms with Crippen LogP contribution in [-0.2, 0) is 0 Å². The van der Waals surface area contributed by atoms with Crippen molar-refractivity contribution in [2.24, 2.45) is 0 Å². The van der Waals surface area contributed by atoms with E-state index >= 15 is 0 Å². The predicted octanol–water partition coefficient (Wildman–Crippen LogP) is 5.36. The summed E-state index contributed by atoms with van der Waals surface area (Å²) in [4.78, 5) is 21.7. The summed E-state index contributed by atoms with van der Waals surface area (Å²) in [6.45, 7) is 0. The van der Waals surface area contributed by atoms with Crippen LogP contribution in [0.4, 0.5) is 0 Å². The standard InChI is InChI=1S/C22H13N7S/c1-2-16-14-6-11(1)12-5-13(8-23-7-12)25-19-4-3-18(30-19)15-9-24-10-17-20(15)27-22(26-17)21(14)29-28-16/h1-10,25H,(H,26,27)(H,28,29). The Morgan fingerprint density at radius 3 is 2.70 bits per heavy atom. The Labute approximate surface area is 172 Å². The Bertz CT molecular complexity index is 1820. The monoisotopic (exact) mass is 407 g/mol. The molecule has 6 heterocycles. The smallest absolute Gasteiger partial charge is 0.159 e. The van der Waals surface area contributed by atoms with Gasteiger partial charge in [0.15, 0.2) is 5.65 Å². The van der Waals surface area contributed by atoms with Gasteiger partial charge in [-0.25, -0.2) is 4.98 Å². The van der Waals surface area contributed by atoms with Gasteiger partial charge in [0.1, 0.15) is 11.0 Å². The Balaban J connectivity index is 1.80. The number of hydrogen-bond donors (Lipinski definition) is 3. The molecule has 6 aromatic heterocycles. The van der Waals surface area contributed by atoms with Crippen molar-refractivity contribution >= 4 is 75.6 Å². The first-order chi connectivity index (χ1) is 14.8. The molecule has 7 aromatic rings. The van der Waals surface area contributed by atoms with Gasteiger partial charge in [0, 0.05) is 33.3 Å². The van der Waals surface area contributed by atoms with Crippen molar-refractivity contribution in [1.82, 2.24) is 35.1 Å². The molecule has 8 bridgehead atoms. The Hall–Kier alpha value is -4.04. The van der Waals surface area contributed by atoms with Crippen LogP contribution in [-0.4, -0.2) is 35.1 Å². The molecule has 0 aliphatic carbocycles. The fourth-order valence-corrected chi connectivity index (χ4v) is 4.90. The van der Waals surface area contributed by atoms with E-state index in [-0.39, 0.29) is 0 Å². The fraction of sp³-hybridized carbons (Fsp3) is 0. The third kappa shape index (κ3) is 2.25. The maximum absolute atomic E-state index is 4.91. The highest BCUT2D eigenvalue weighted by Gasteiger charge is 2.10. The van der Waals surface area contributed by atoms with E-state index in [1.54, 1.807) is 11.3 Å². The van der Waals surface area contributed by atoms with E-state index < -0.39 is 0 Å². The van der Waals surface area contributed by atoms with Crippen LogP contribution >= 0.6 is 11.3 Å². The molecule has 3 N–H and O–H groups in total. The number of rotatable bonds is 0. The van der Waals surface area contributed by atoms with Gasteiger partial charge < -0.3 is 9.97 Å². The second-order valence-electron chi connectivity index (χ2n) is 7.25. The molecule has 0 spiro atoms. The van der Waals surface area contributed by atoms with Crippen LogP contribution in [0.3, 0.4) is 0 Å². The molecule has 0 fully saturated rings. The van der Waals surface area contributed by atoms with E-state index in [2.05, 4.69) is 60.5 Å². The van der Waals surface area contributed by atoms with Crippen LogP contribution in [0, 0.1) is 0 Å². The second kappa shape index (κ2) is 5.74. The summed E-state index contributed by atoms with van der Waals surface area (Å²) < 4.78 is 1.10. The molecule has 0 amide bonds. The number of pyridine rings is 2. The topological polar surface area (TPSA) is 98.9 Å². The van der Waals surface area contributed by atoms with E-state index in [1.807, 2.05) is 30.9 Å². The number of aromatic nitrogens is 7. The molecular weight excluding hydrogens is 394 g/mol. The van der Waals surface area contributed by atoms with Gasteiger partial charge in [-0.05, 0) is 35.7 Å².